The van der Waals surface area contributed by atoms with Gasteiger partial charge in [0.05, 0.1) is 30.2 Å². The molecule has 1 aliphatic carbocycles. The number of fused-ring (bicyclic) bond motifs is 1. The smallest absolute Gasteiger partial charge is 0.238 e. The van der Waals surface area contributed by atoms with E-state index in [0.717, 1.165) is 40.7 Å². The van der Waals surface area contributed by atoms with Gasteiger partial charge in [-0.1, -0.05) is 55.7 Å². The van der Waals surface area contributed by atoms with Gasteiger partial charge in [0.1, 0.15) is 5.75 Å². The van der Waals surface area contributed by atoms with Crippen molar-refractivity contribution in [2.45, 2.75) is 72.3 Å². The number of para-hydroxylation sites is 1. The number of allylic oxidation sites excluding steroid dienone is 2. The summed E-state index contributed by atoms with van der Waals surface area (Å²) in [6.07, 6.45) is 5.42. The fraction of sp³-hybridized carbons (Fsp3) is 0.455. The van der Waals surface area contributed by atoms with E-state index in [1.807, 2.05) is 39.0 Å². The average molecular weight is 532 g/mol. The number of carbonyl (C=O) groups is 2. The summed E-state index contributed by atoms with van der Waals surface area (Å²) < 4.78 is 0. The van der Waals surface area contributed by atoms with Crippen molar-refractivity contribution in [2.24, 2.45) is 17.8 Å². The number of aryl methyl sites for hydroxylation is 2. The lowest BCUT2D eigenvalue weighted by molar-refractivity contribution is -0.123. The Morgan fingerprint density at radius 1 is 1.05 bits per heavy atom. The predicted molar refractivity (Wildman–Crippen MR) is 154 cm³/mol. The van der Waals surface area contributed by atoms with Crippen LogP contribution in [-0.2, 0) is 9.59 Å². The number of amides is 2. The number of aliphatic hydroxyl groups excluding tert-OH is 2. The first-order valence-electron chi connectivity index (χ1n) is 14.1. The van der Waals surface area contributed by atoms with Crippen LogP contribution in [0.2, 0.25) is 0 Å². The third-order valence-corrected chi connectivity index (χ3v) is 8.38. The molecule has 0 saturated carbocycles. The average Bonchev–Trinajstić information content (AvgIpc) is 3.18. The second kappa shape index (κ2) is 12.3. The van der Waals surface area contributed by atoms with Gasteiger partial charge in [-0.2, -0.15) is 0 Å². The normalized spacial score (nSPS) is 22.5. The number of rotatable bonds is 10. The molecule has 2 aliphatic rings. The molecule has 3 N–H and O–H groups in total. The van der Waals surface area contributed by atoms with E-state index in [0.29, 0.717) is 37.1 Å². The second-order valence-electron chi connectivity index (χ2n) is 11.0. The van der Waals surface area contributed by atoms with Gasteiger partial charge in [-0.15, -0.1) is 0 Å². The van der Waals surface area contributed by atoms with Crippen LogP contribution < -0.4 is 4.90 Å². The van der Waals surface area contributed by atoms with Crippen LogP contribution in [0.4, 0.5) is 5.69 Å². The summed E-state index contributed by atoms with van der Waals surface area (Å²) in [6.45, 7) is 7.62. The van der Waals surface area contributed by atoms with E-state index in [4.69, 9.17) is 0 Å². The minimum Gasteiger partial charge on any atom is -0.507 e. The zero-order valence-electron chi connectivity index (χ0n) is 23.5. The molecule has 1 fully saturated rings. The topological polar surface area (TPSA) is 98.1 Å². The fourth-order valence-electron chi connectivity index (χ4n) is 6.51. The van der Waals surface area contributed by atoms with Crippen molar-refractivity contribution in [3.8, 4) is 5.75 Å². The lowest BCUT2D eigenvalue weighted by Gasteiger charge is -2.36. The molecule has 0 aromatic heterocycles. The maximum atomic E-state index is 13.6. The Hall–Kier alpha value is -3.22. The maximum Gasteiger partial charge on any atom is 0.238 e. The van der Waals surface area contributed by atoms with E-state index in [-0.39, 0.29) is 18.4 Å². The SMILES string of the molecule is CCC/C(=C\c1cc(C)c(O)c(C)c1)CC[C@@H](O)C1=C(CC)C[C@H]2C(=O)N(c3ccccc3)C(=O)[C@H]2[C@H]1CO. The van der Waals surface area contributed by atoms with Crippen molar-refractivity contribution in [1.29, 1.82) is 0 Å². The molecule has 4 rings (SSSR count). The molecule has 4 atom stereocenters. The third-order valence-electron chi connectivity index (χ3n) is 8.38. The molecule has 6 heteroatoms. The number of anilines is 1. The number of hydrogen-bond donors (Lipinski definition) is 3. The van der Waals surface area contributed by atoms with Crippen LogP contribution in [0.5, 0.6) is 5.75 Å². The molecular formula is C33H41NO5. The van der Waals surface area contributed by atoms with Gasteiger partial charge in [0, 0.05) is 5.92 Å². The number of phenols is 1. The zero-order valence-corrected chi connectivity index (χ0v) is 23.5. The molecule has 2 aromatic carbocycles. The summed E-state index contributed by atoms with van der Waals surface area (Å²) >= 11 is 0. The molecule has 1 heterocycles. The van der Waals surface area contributed by atoms with E-state index in [9.17, 15) is 24.9 Å². The van der Waals surface area contributed by atoms with Crippen molar-refractivity contribution in [1.82, 2.24) is 0 Å². The van der Waals surface area contributed by atoms with Gasteiger partial charge in [-0.25, -0.2) is 0 Å². The van der Waals surface area contributed by atoms with Crippen LogP contribution in [0.1, 0.15) is 69.1 Å². The second-order valence-corrected chi connectivity index (χ2v) is 11.0. The summed E-state index contributed by atoms with van der Waals surface area (Å²) in [7, 11) is 0. The Labute approximate surface area is 231 Å². The van der Waals surface area contributed by atoms with E-state index < -0.39 is 23.9 Å². The molecule has 39 heavy (non-hydrogen) atoms. The van der Waals surface area contributed by atoms with Crippen molar-refractivity contribution >= 4 is 23.6 Å². The first-order chi connectivity index (χ1) is 18.7. The molecular weight excluding hydrogens is 490 g/mol. The molecule has 1 saturated heterocycles. The Morgan fingerprint density at radius 3 is 2.31 bits per heavy atom. The number of hydrogen-bond acceptors (Lipinski definition) is 5. The van der Waals surface area contributed by atoms with Gasteiger partial charge in [0.25, 0.3) is 0 Å². The number of carbonyl (C=O) groups excluding carboxylic acids is 2. The lowest BCUT2D eigenvalue weighted by atomic mass is 9.67. The van der Waals surface area contributed by atoms with Gasteiger partial charge in [0.2, 0.25) is 11.8 Å². The van der Waals surface area contributed by atoms with Gasteiger partial charge in [-0.05, 0) is 92.5 Å². The Balaban J connectivity index is 1.58. The van der Waals surface area contributed by atoms with E-state index in [1.165, 1.54) is 10.5 Å². The van der Waals surface area contributed by atoms with Crippen LogP contribution in [0.25, 0.3) is 6.08 Å². The summed E-state index contributed by atoms with van der Waals surface area (Å²) in [5, 5.41) is 32.1. The van der Waals surface area contributed by atoms with Crippen molar-refractivity contribution in [3.63, 3.8) is 0 Å². The quantitative estimate of drug-likeness (QED) is 0.264. The van der Waals surface area contributed by atoms with Crippen LogP contribution in [0.15, 0.2) is 59.2 Å². The minimum atomic E-state index is -0.810. The number of nitrogens with zero attached hydrogens (tertiary/aromatic N) is 1. The minimum absolute atomic E-state index is 0.221. The molecule has 0 bridgehead atoms. The number of aliphatic hydroxyl groups is 2. The first-order valence-corrected chi connectivity index (χ1v) is 14.1. The number of imide groups is 1. The van der Waals surface area contributed by atoms with E-state index >= 15 is 0 Å². The lowest BCUT2D eigenvalue weighted by Crippen LogP contribution is -2.39. The number of phenolic OH excluding ortho intramolecular Hbond substituents is 1. The highest BCUT2D eigenvalue weighted by atomic mass is 16.3. The first kappa shape index (κ1) is 28.8. The molecule has 2 aromatic rings. The van der Waals surface area contributed by atoms with Crippen LogP contribution in [0.3, 0.4) is 0 Å². The van der Waals surface area contributed by atoms with Crippen molar-refractivity contribution in [3.05, 3.63) is 75.9 Å². The Kier molecular flexibility index (Phi) is 9.08. The van der Waals surface area contributed by atoms with Gasteiger partial charge < -0.3 is 15.3 Å². The van der Waals surface area contributed by atoms with E-state index in [2.05, 4.69) is 13.0 Å². The Bertz CT molecular complexity index is 1260. The standard InChI is InChI=1S/C33H41NO5/c1-5-10-22(17-23-15-20(3)31(37)21(4)16-23)13-14-28(36)29-24(6-2)18-26-30(27(29)19-35)33(39)34(32(26)38)25-11-8-7-9-12-25/h7-9,11-12,15-17,26-28,30,35-37H,5-6,10,13-14,18-19H2,1-4H3/b22-17+/t26-,27+,28-,30-/m1/s1. The summed E-state index contributed by atoms with van der Waals surface area (Å²) in [4.78, 5) is 28.2. The van der Waals surface area contributed by atoms with Crippen LogP contribution in [-0.4, -0.2) is 39.8 Å². The largest absolute Gasteiger partial charge is 0.507 e. The molecule has 0 radical (unpaired) electrons. The molecule has 0 spiro atoms. The molecule has 2 amide bonds. The predicted octanol–water partition coefficient (Wildman–Crippen LogP) is 5.86. The molecule has 1 aliphatic heterocycles. The van der Waals surface area contributed by atoms with Crippen molar-refractivity contribution < 1.29 is 24.9 Å². The van der Waals surface area contributed by atoms with Gasteiger partial charge >= 0.3 is 0 Å². The monoisotopic (exact) mass is 531 g/mol. The number of benzene rings is 2. The highest BCUT2D eigenvalue weighted by molar-refractivity contribution is 6.22. The van der Waals surface area contributed by atoms with Crippen LogP contribution >= 0.6 is 0 Å². The molecule has 6 nitrogen and oxygen atoms in total. The summed E-state index contributed by atoms with van der Waals surface area (Å²) in [5.74, 6) is -1.97. The molecule has 0 unspecified atom stereocenters. The van der Waals surface area contributed by atoms with Gasteiger partial charge in [0.15, 0.2) is 0 Å². The third kappa shape index (κ3) is 5.73. The Morgan fingerprint density at radius 2 is 1.72 bits per heavy atom. The van der Waals surface area contributed by atoms with Crippen LogP contribution in [0, 0.1) is 31.6 Å². The maximum absolute atomic E-state index is 13.6. The highest BCUT2D eigenvalue weighted by Gasteiger charge is 2.55. The zero-order chi connectivity index (χ0) is 28.3. The van der Waals surface area contributed by atoms with Gasteiger partial charge in [-0.3, -0.25) is 14.5 Å². The number of aromatic hydroxyl groups is 1. The van der Waals surface area contributed by atoms with Crippen molar-refractivity contribution in [2.75, 3.05) is 11.5 Å². The molecule has 208 valence electrons. The highest BCUT2D eigenvalue weighted by Crippen LogP contribution is 2.48. The summed E-state index contributed by atoms with van der Waals surface area (Å²) in [6, 6.07) is 12.9. The summed E-state index contributed by atoms with van der Waals surface area (Å²) in [5.41, 5.74) is 6.16. The van der Waals surface area contributed by atoms with E-state index in [1.54, 1.807) is 24.3 Å². The fourth-order valence-corrected chi connectivity index (χ4v) is 6.51.